The Hall–Kier alpha value is -5.52. The Labute approximate surface area is 364 Å². The Balaban J connectivity index is 0.000000746. The molecule has 0 saturated heterocycles. The number of H-pyrrole nitrogens is 3. The number of amidine groups is 1. The minimum atomic E-state index is -3.22. The number of thioether (sulfide) groups is 1. The van der Waals surface area contributed by atoms with Crippen molar-refractivity contribution in [2.45, 2.75) is 20.8 Å². The van der Waals surface area contributed by atoms with Gasteiger partial charge in [-0.15, -0.1) is 0 Å². The zero-order valence-corrected chi connectivity index (χ0v) is 36.2. The summed E-state index contributed by atoms with van der Waals surface area (Å²) in [6, 6.07) is 3.36. The molecule has 5 rings (SSSR count). The number of carbonyl (C=O) groups is 5. The summed E-state index contributed by atoms with van der Waals surface area (Å²) in [7, 11) is 4.89. The van der Waals surface area contributed by atoms with Crippen LogP contribution < -0.4 is 27.2 Å². The topological polar surface area (TPSA) is 326 Å². The second-order valence-electron chi connectivity index (χ2n) is 9.83. The van der Waals surface area contributed by atoms with Crippen LogP contribution in [-0.4, -0.2) is 107 Å². The van der Waals surface area contributed by atoms with Gasteiger partial charge >= 0.3 is 35.5 Å². The minimum Gasteiger partial charge on any atom is -0.463 e. The predicted molar refractivity (Wildman–Crippen MR) is 230 cm³/mol. The van der Waals surface area contributed by atoms with Crippen molar-refractivity contribution in [1.82, 2.24) is 35.2 Å². The number of rotatable bonds is 4. The molecule has 1 aliphatic carbocycles. The highest BCUT2D eigenvalue weighted by molar-refractivity contribution is 8.24. The van der Waals surface area contributed by atoms with Gasteiger partial charge in [0.25, 0.3) is 5.56 Å². The van der Waals surface area contributed by atoms with Crippen LogP contribution in [0.25, 0.3) is 22.1 Å². The lowest BCUT2D eigenvalue weighted by Gasteiger charge is -2.02. The number of halogens is 4. The Morgan fingerprint density at radius 2 is 1.45 bits per heavy atom. The average Bonchev–Trinajstić information content (AvgIpc) is 3.96. The van der Waals surface area contributed by atoms with Crippen molar-refractivity contribution >= 4 is 132 Å². The largest absolute Gasteiger partial charge is 0.463 e. The van der Waals surface area contributed by atoms with E-state index in [1.807, 2.05) is 6.08 Å². The van der Waals surface area contributed by atoms with E-state index in [-0.39, 0.29) is 41.2 Å². The molecule has 0 spiro atoms. The molecule has 4 aromatic rings. The molecule has 4 aromatic heterocycles. The number of allylic oxidation sites excluding steroid dienone is 2. The molecule has 330 valence electrons. The van der Waals surface area contributed by atoms with Gasteiger partial charge in [-0.2, -0.15) is 9.98 Å². The molecule has 4 heterocycles. The molecule has 0 saturated carbocycles. The molecule has 0 unspecified atom stereocenters. The van der Waals surface area contributed by atoms with E-state index >= 15 is 0 Å². The first kappa shape index (κ1) is 54.5. The van der Waals surface area contributed by atoms with E-state index in [0.29, 0.717) is 46.4 Å². The van der Waals surface area contributed by atoms with E-state index in [1.54, 1.807) is 43.8 Å². The summed E-state index contributed by atoms with van der Waals surface area (Å²) in [5.41, 5.74) is 8.36. The first-order valence-electron chi connectivity index (χ1n) is 15.6. The molecule has 23 nitrogen and oxygen atoms in total. The molecule has 0 fully saturated rings. The lowest BCUT2D eigenvalue weighted by atomic mass is 10.2. The van der Waals surface area contributed by atoms with Gasteiger partial charge in [0, 0.05) is 18.1 Å². The number of alkyl carbamates (subject to hydrolysis) is 1. The van der Waals surface area contributed by atoms with Gasteiger partial charge in [-0.25, -0.2) is 33.9 Å². The van der Waals surface area contributed by atoms with Gasteiger partial charge in [0.05, 0.1) is 51.7 Å². The molecule has 4 amide bonds. The van der Waals surface area contributed by atoms with Crippen molar-refractivity contribution in [2.75, 3.05) is 51.9 Å². The van der Waals surface area contributed by atoms with Crippen molar-refractivity contribution in [1.29, 1.82) is 0 Å². The van der Waals surface area contributed by atoms with E-state index in [2.05, 4.69) is 104 Å². The third-order valence-electron chi connectivity index (χ3n) is 6.03. The van der Waals surface area contributed by atoms with Crippen LogP contribution in [0.4, 0.5) is 31.1 Å². The van der Waals surface area contributed by atoms with Gasteiger partial charge in [-0.05, 0) is 71.5 Å². The first-order valence-corrected chi connectivity index (χ1v) is 21.7. The fourth-order valence-electron chi connectivity index (χ4n) is 3.60. The molecule has 60 heavy (non-hydrogen) atoms. The molecule has 0 radical (unpaired) electrons. The van der Waals surface area contributed by atoms with Gasteiger partial charge in [0.1, 0.15) is 11.0 Å². The van der Waals surface area contributed by atoms with Crippen LogP contribution in [0.3, 0.4) is 0 Å². The summed E-state index contributed by atoms with van der Waals surface area (Å²) in [5, 5.41) is 3.99. The molecule has 29 heteroatoms. The van der Waals surface area contributed by atoms with Crippen LogP contribution in [0.2, 0.25) is 5.15 Å². The summed E-state index contributed by atoms with van der Waals surface area (Å²) in [6.45, 7) is 2.17. The maximum absolute atomic E-state index is 11.4. The smallest absolute Gasteiger partial charge is 0.435 e. The monoisotopic (exact) mass is 961 g/mol. The number of anilines is 2. The van der Waals surface area contributed by atoms with Gasteiger partial charge in [-0.1, -0.05) is 36.9 Å². The molecule has 0 bridgehead atoms. The lowest BCUT2D eigenvalue weighted by Crippen LogP contribution is -2.28. The van der Waals surface area contributed by atoms with Crippen LogP contribution >= 0.6 is 62.3 Å². The molecule has 1 aliphatic rings. The van der Waals surface area contributed by atoms with Crippen molar-refractivity contribution in [3.63, 3.8) is 0 Å². The number of aromatic nitrogens is 6. The Morgan fingerprint density at radius 1 is 0.900 bits per heavy atom. The van der Waals surface area contributed by atoms with Crippen LogP contribution in [0.15, 0.2) is 57.7 Å². The third-order valence-corrected chi connectivity index (χ3v) is 6.88. The summed E-state index contributed by atoms with van der Waals surface area (Å²) in [4.78, 5) is 88.9. The fourth-order valence-corrected chi connectivity index (χ4v) is 4.18. The number of fused-ring (bicyclic) bond motifs is 2. The van der Waals surface area contributed by atoms with Gasteiger partial charge in [0.2, 0.25) is 11.9 Å². The second-order valence-corrected chi connectivity index (χ2v) is 17.6. The SMILES string of the molecule is C.CCOC(=O)C1=C(N)C=CC1.COC(=O)N=C(NC(=O)OC)SC.COC(=O)Nc1nc(Cl)c2[nH]ccc2n1.COC(=O)Nc1nc2cc[nH]c2c(=O)[nH]1.O=P(Cl)(Cl)Cl. The van der Waals surface area contributed by atoms with Gasteiger partial charge in [-0.3, -0.25) is 30.3 Å². The Morgan fingerprint density at radius 3 is 1.95 bits per heavy atom. The molecule has 0 atom stereocenters. The number of nitrogens with one attached hydrogen (secondary N) is 6. The van der Waals surface area contributed by atoms with Crippen LogP contribution in [-0.2, 0) is 33.0 Å². The van der Waals surface area contributed by atoms with E-state index in [0.717, 1.165) is 11.8 Å². The van der Waals surface area contributed by atoms with E-state index in [1.165, 1.54) is 28.4 Å². The summed E-state index contributed by atoms with van der Waals surface area (Å²) < 4.78 is 31.6. The van der Waals surface area contributed by atoms with Crippen molar-refractivity contribution in [2.24, 2.45) is 10.7 Å². The number of aromatic amines is 3. The Bertz CT molecular complexity index is 2270. The van der Waals surface area contributed by atoms with Crippen molar-refractivity contribution in [3.05, 3.63) is 63.5 Å². The molecule has 0 aromatic carbocycles. The quantitative estimate of drug-likeness (QED) is 0.0265. The number of ether oxygens (including phenoxy) is 5. The number of hydrogen-bond donors (Lipinski definition) is 7. The number of hydrogen-bond acceptors (Lipinski definition) is 17. The first-order chi connectivity index (χ1) is 27.8. The number of nitrogens with two attached hydrogens (primary N) is 1. The Kier molecular flexibility index (Phi) is 25.5. The van der Waals surface area contributed by atoms with E-state index in [9.17, 15) is 33.3 Å². The minimum absolute atomic E-state index is 0. The zero-order valence-electron chi connectivity index (χ0n) is 31.5. The molecular weight excluding hydrogens is 923 g/mol. The maximum Gasteiger partial charge on any atom is 0.435 e. The highest BCUT2D eigenvalue weighted by Gasteiger charge is 2.15. The van der Waals surface area contributed by atoms with Crippen LogP contribution in [0.5, 0.6) is 0 Å². The summed E-state index contributed by atoms with van der Waals surface area (Å²) in [5.74, 6) is -0.132. The normalized spacial score (nSPS) is 11.3. The third kappa shape index (κ3) is 20.9. The zero-order chi connectivity index (χ0) is 44.7. The van der Waals surface area contributed by atoms with Crippen molar-refractivity contribution < 1.29 is 52.2 Å². The lowest BCUT2D eigenvalue weighted by molar-refractivity contribution is -0.138. The second kappa shape index (κ2) is 28.0. The summed E-state index contributed by atoms with van der Waals surface area (Å²) >= 11 is 20.8. The number of amides is 4. The molecule has 8 N–H and O–H groups in total. The van der Waals surface area contributed by atoms with Crippen LogP contribution in [0.1, 0.15) is 20.8 Å². The molecule has 0 aliphatic heterocycles. The highest BCUT2D eigenvalue weighted by Crippen LogP contribution is 2.61. The van der Waals surface area contributed by atoms with Crippen molar-refractivity contribution in [3.8, 4) is 0 Å². The predicted octanol–water partition coefficient (Wildman–Crippen LogP) is 7.22. The van der Waals surface area contributed by atoms with Gasteiger partial charge in [0.15, 0.2) is 10.3 Å². The number of methoxy groups -OCH3 is 4. The number of nitrogens with zero attached hydrogens (tertiary/aromatic N) is 4. The average molecular weight is 964 g/mol. The van der Waals surface area contributed by atoms with Crippen LogP contribution in [0, 0.1) is 0 Å². The fraction of sp³-hybridized carbons (Fsp3) is 0.290. The number of carbonyl (C=O) groups excluding carboxylic acids is 5. The van der Waals surface area contributed by atoms with Gasteiger partial charge < -0.3 is 39.4 Å². The summed E-state index contributed by atoms with van der Waals surface area (Å²) in [6.07, 6.45) is 6.32. The molecular formula is C31H40Cl4N11O12PS. The highest BCUT2D eigenvalue weighted by atomic mass is 36.0. The van der Waals surface area contributed by atoms with E-state index in [4.69, 9.17) is 22.1 Å². The number of esters is 1. The number of aliphatic imine (C=N–C) groups is 1. The maximum atomic E-state index is 11.4. The van der Waals surface area contributed by atoms with E-state index < -0.39 is 29.6 Å². The standard InChI is InChI=1S/C8H7ClN4O2.C8H8N4O3.C8H11NO2.C6H10N2O4S.CH4.Cl3OP/c1-15-8(14)13-7-11-4-2-3-10-5(4)6(9)12-7;1-15-8(14)12-7-10-4-2-3-9-5(4)6(13)11-7;1-2-11-8(10)6-4-3-5-7(6)9;1-11-5(9)7-4(13-3)8-6(10)12-2;;1-5(2,3)4/h2-3,10H,1H3,(H,11,12,13,14);2-3,9H,1H3,(H2,10,11,12,13,14);3,5H,2,4,9H2,1H3;1-3H3,(H,7,8,9,10);1H4;.